The third kappa shape index (κ3) is 2.51. The predicted octanol–water partition coefficient (Wildman–Crippen LogP) is 4.93. The van der Waals surface area contributed by atoms with Crippen LogP contribution in [0.25, 0.3) is 10.2 Å². The highest BCUT2D eigenvalue weighted by Gasteiger charge is 2.04. The van der Waals surface area contributed by atoms with E-state index in [0.29, 0.717) is 0 Å². The molecule has 2 nitrogen and oxygen atoms in total. The maximum Gasteiger partial charge on any atom is 0.184 e. The van der Waals surface area contributed by atoms with Crippen molar-refractivity contribution in [3.05, 3.63) is 45.1 Å². The van der Waals surface area contributed by atoms with Gasteiger partial charge in [0.1, 0.15) is 0 Å². The summed E-state index contributed by atoms with van der Waals surface area (Å²) in [5, 5.41) is 5.03. The summed E-state index contributed by atoms with van der Waals surface area (Å²) in [6.45, 7) is 2.94. The van der Waals surface area contributed by atoms with E-state index in [-0.39, 0.29) is 0 Å². The molecular formula is C13H11ClN2S2. The van der Waals surface area contributed by atoms with Crippen molar-refractivity contribution in [2.24, 2.45) is 0 Å². The predicted molar refractivity (Wildman–Crippen MR) is 81.0 cm³/mol. The Balaban J connectivity index is 1.78. The molecule has 0 atom stereocenters. The lowest BCUT2D eigenvalue weighted by Gasteiger charge is -1.98. The highest BCUT2D eigenvalue weighted by atomic mass is 35.5. The molecule has 0 aliphatic heterocycles. The number of fused-ring (bicyclic) bond motifs is 1. The molecule has 0 aliphatic rings. The van der Waals surface area contributed by atoms with Gasteiger partial charge in [-0.25, -0.2) is 4.98 Å². The van der Waals surface area contributed by atoms with Gasteiger partial charge in [-0.1, -0.05) is 22.9 Å². The van der Waals surface area contributed by atoms with Crippen molar-refractivity contribution in [2.75, 3.05) is 5.32 Å². The maximum absolute atomic E-state index is 5.95. The first-order chi connectivity index (χ1) is 8.70. The van der Waals surface area contributed by atoms with Crippen LogP contribution in [0.4, 0.5) is 5.13 Å². The van der Waals surface area contributed by atoms with Gasteiger partial charge in [-0.2, -0.15) is 0 Å². The fourth-order valence-corrected chi connectivity index (χ4v) is 3.56. The minimum absolute atomic E-state index is 0.730. The van der Waals surface area contributed by atoms with Gasteiger partial charge in [0, 0.05) is 14.8 Å². The second-order valence-corrected chi connectivity index (χ2v) is 6.84. The number of nitrogens with zero attached hydrogens (tertiary/aromatic N) is 1. The molecule has 0 aliphatic carbocycles. The zero-order valence-corrected chi connectivity index (χ0v) is 12.1. The van der Waals surface area contributed by atoms with E-state index < -0.39 is 0 Å². The van der Waals surface area contributed by atoms with E-state index in [1.165, 1.54) is 9.75 Å². The number of nitrogens with one attached hydrogen (secondary N) is 1. The molecule has 0 unspecified atom stereocenters. The minimum Gasteiger partial charge on any atom is -0.357 e. The first kappa shape index (κ1) is 12.0. The van der Waals surface area contributed by atoms with Crippen LogP contribution in [0.5, 0.6) is 0 Å². The number of rotatable bonds is 3. The fraction of sp³-hybridized carbons (Fsp3) is 0.154. The Morgan fingerprint density at radius 1 is 1.22 bits per heavy atom. The topological polar surface area (TPSA) is 24.9 Å². The molecule has 0 amide bonds. The first-order valence-corrected chi connectivity index (χ1v) is 7.57. The Labute approximate surface area is 118 Å². The molecule has 0 radical (unpaired) electrons. The van der Waals surface area contributed by atoms with E-state index in [0.717, 1.165) is 26.9 Å². The largest absolute Gasteiger partial charge is 0.357 e. The molecule has 0 spiro atoms. The van der Waals surface area contributed by atoms with Crippen molar-refractivity contribution in [1.82, 2.24) is 4.98 Å². The number of aromatic nitrogens is 1. The quantitative estimate of drug-likeness (QED) is 0.741. The number of hydrogen-bond acceptors (Lipinski definition) is 4. The molecule has 18 heavy (non-hydrogen) atoms. The summed E-state index contributed by atoms with van der Waals surface area (Å²) >= 11 is 9.41. The van der Waals surface area contributed by atoms with Gasteiger partial charge >= 0.3 is 0 Å². The van der Waals surface area contributed by atoms with Crippen molar-refractivity contribution >= 4 is 49.6 Å². The number of halogens is 1. The summed E-state index contributed by atoms with van der Waals surface area (Å²) in [5.74, 6) is 0. The minimum atomic E-state index is 0.730. The van der Waals surface area contributed by atoms with Crippen LogP contribution in [0.3, 0.4) is 0 Å². The van der Waals surface area contributed by atoms with Gasteiger partial charge in [-0.05, 0) is 37.3 Å². The molecule has 3 aromatic rings. The summed E-state index contributed by atoms with van der Waals surface area (Å²) in [6, 6.07) is 10.1. The standard InChI is InChI=1S/C13H11ClN2S2/c1-8-2-4-10(17-8)7-15-13-16-11-6-9(14)3-5-12(11)18-13/h2-6H,7H2,1H3,(H,15,16). The normalized spacial score (nSPS) is 11.0. The summed E-state index contributed by atoms with van der Waals surface area (Å²) in [6.07, 6.45) is 0. The highest BCUT2D eigenvalue weighted by Crippen LogP contribution is 2.28. The molecule has 0 saturated heterocycles. The molecule has 2 aromatic heterocycles. The molecule has 0 saturated carbocycles. The lowest BCUT2D eigenvalue weighted by molar-refractivity contribution is 1.18. The van der Waals surface area contributed by atoms with Crippen molar-refractivity contribution in [3.8, 4) is 0 Å². The van der Waals surface area contributed by atoms with Crippen LogP contribution in [-0.4, -0.2) is 4.98 Å². The number of anilines is 1. The van der Waals surface area contributed by atoms with Crippen molar-refractivity contribution in [3.63, 3.8) is 0 Å². The van der Waals surface area contributed by atoms with Crippen molar-refractivity contribution < 1.29 is 0 Å². The third-order valence-corrected chi connectivity index (χ3v) is 4.79. The number of aryl methyl sites for hydroxylation is 1. The van der Waals surface area contributed by atoms with E-state index in [2.05, 4.69) is 29.4 Å². The number of benzene rings is 1. The average Bonchev–Trinajstić information content (AvgIpc) is 2.92. The summed E-state index contributed by atoms with van der Waals surface area (Å²) in [7, 11) is 0. The number of thiazole rings is 1. The van der Waals surface area contributed by atoms with Crippen molar-refractivity contribution in [2.45, 2.75) is 13.5 Å². The second-order valence-electron chi connectivity index (χ2n) is 4.00. The van der Waals surface area contributed by atoms with Gasteiger partial charge in [0.25, 0.3) is 0 Å². The Bertz CT molecular complexity index is 687. The SMILES string of the molecule is Cc1ccc(CNc2nc3cc(Cl)ccc3s2)s1. The zero-order chi connectivity index (χ0) is 12.5. The Morgan fingerprint density at radius 3 is 2.89 bits per heavy atom. The van der Waals surface area contributed by atoms with E-state index in [1.54, 1.807) is 11.3 Å². The number of thiophene rings is 1. The molecule has 3 rings (SSSR count). The highest BCUT2D eigenvalue weighted by molar-refractivity contribution is 7.22. The molecule has 5 heteroatoms. The average molecular weight is 295 g/mol. The summed E-state index contributed by atoms with van der Waals surface area (Å²) in [4.78, 5) is 7.18. The van der Waals surface area contributed by atoms with Crippen molar-refractivity contribution in [1.29, 1.82) is 0 Å². The molecular weight excluding hydrogens is 284 g/mol. The van der Waals surface area contributed by atoms with E-state index in [1.807, 2.05) is 29.5 Å². The summed E-state index contributed by atoms with van der Waals surface area (Å²) in [5.41, 5.74) is 0.956. The van der Waals surface area contributed by atoms with Crippen LogP contribution in [0.2, 0.25) is 5.02 Å². The fourth-order valence-electron chi connectivity index (χ4n) is 1.72. The zero-order valence-electron chi connectivity index (χ0n) is 9.74. The van der Waals surface area contributed by atoms with E-state index in [4.69, 9.17) is 11.6 Å². The molecule has 0 fully saturated rings. The molecule has 1 aromatic carbocycles. The van der Waals surface area contributed by atoms with Gasteiger partial charge in [0.05, 0.1) is 16.8 Å². The molecule has 0 bridgehead atoms. The van der Waals surface area contributed by atoms with Gasteiger partial charge in [0.15, 0.2) is 5.13 Å². The lowest BCUT2D eigenvalue weighted by atomic mass is 10.3. The second kappa shape index (κ2) is 4.88. The smallest absolute Gasteiger partial charge is 0.184 e. The van der Waals surface area contributed by atoms with Gasteiger partial charge in [-0.15, -0.1) is 11.3 Å². The first-order valence-electron chi connectivity index (χ1n) is 5.56. The van der Waals surface area contributed by atoms with Crippen LogP contribution in [0, 0.1) is 6.92 Å². The van der Waals surface area contributed by atoms with E-state index in [9.17, 15) is 0 Å². The lowest BCUT2D eigenvalue weighted by Crippen LogP contribution is -1.95. The van der Waals surface area contributed by atoms with Crippen LogP contribution in [0.15, 0.2) is 30.3 Å². The third-order valence-electron chi connectivity index (χ3n) is 2.56. The van der Waals surface area contributed by atoms with E-state index >= 15 is 0 Å². The van der Waals surface area contributed by atoms with Crippen LogP contribution < -0.4 is 5.32 Å². The van der Waals surface area contributed by atoms with Gasteiger partial charge in [-0.3, -0.25) is 0 Å². The van der Waals surface area contributed by atoms with Gasteiger partial charge < -0.3 is 5.32 Å². The van der Waals surface area contributed by atoms with Crippen LogP contribution in [0.1, 0.15) is 9.75 Å². The van der Waals surface area contributed by atoms with Crippen LogP contribution >= 0.6 is 34.3 Å². The number of hydrogen-bond donors (Lipinski definition) is 1. The Kier molecular flexibility index (Phi) is 3.24. The Morgan fingerprint density at radius 2 is 2.11 bits per heavy atom. The monoisotopic (exact) mass is 294 g/mol. The van der Waals surface area contributed by atoms with Crippen LogP contribution in [-0.2, 0) is 6.54 Å². The Hall–Kier alpha value is -1.10. The molecule has 2 heterocycles. The maximum atomic E-state index is 5.95. The molecule has 1 N–H and O–H groups in total. The van der Waals surface area contributed by atoms with Gasteiger partial charge in [0.2, 0.25) is 0 Å². The summed E-state index contributed by atoms with van der Waals surface area (Å²) < 4.78 is 1.16. The molecule has 92 valence electrons.